The van der Waals surface area contributed by atoms with Crippen LogP contribution in [0.4, 0.5) is 0 Å². The summed E-state index contributed by atoms with van der Waals surface area (Å²) in [7, 11) is 0. The molecule has 1 atom stereocenters. The molecule has 1 unspecified atom stereocenters. The van der Waals surface area contributed by atoms with Crippen molar-refractivity contribution >= 4 is 5.91 Å². The number of carbonyl (C=O) groups is 1. The molecule has 0 aliphatic rings. The standard InChI is InChI=1S/C25H22N2O2/c1-18(19-12-14-21(15-13-19)20-8-4-2-5-9-20)26-24(28)16-23-17-29-25(27-23)22-10-6-3-7-11-22/h2-15,17-18H,16H2,1H3,(H,26,28). The first-order chi connectivity index (χ1) is 14.2. The largest absolute Gasteiger partial charge is 0.444 e. The molecule has 4 rings (SSSR count). The second-order valence-corrected chi connectivity index (χ2v) is 6.96. The van der Waals surface area contributed by atoms with Gasteiger partial charge in [0.2, 0.25) is 11.8 Å². The Morgan fingerprint density at radius 2 is 1.45 bits per heavy atom. The number of carbonyl (C=O) groups excluding carboxylic acids is 1. The molecule has 0 aliphatic heterocycles. The summed E-state index contributed by atoms with van der Waals surface area (Å²) < 4.78 is 5.51. The number of rotatable bonds is 6. The summed E-state index contributed by atoms with van der Waals surface area (Å²) in [5.74, 6) is 0.440. The van der Waals surface area contributed by atoms with E-state index >= 15 is 0 Å². The van der Waals surface area contributed by atoms with Crippen LogP contribution in [0, 0.1) is 0 Å². The smallest absolute Gasteiger partial charge is 0.226 e. The van der Waals surface area contributed by atoms with Crippen LogP contribution in [0.2, 0.25) is 0 Å². The van der Waals surface area contributed by atoms with Crippen molar-refractivity contribution in [2.24, 2.45) is 0 Å². The van der Waals surface area contributed by atoms with E-state index in [1.807, 2.05) is 55.5 Å². The fourth-order valence-corrected chi connectivity index (χ4v) is 3.24. The normalized spacial score (nSPS) is 11.8. The van der Waals surface area contributed by atoms with Crippen LogP contribution in [-0.4, -0.2) is 10.9 Å². The van der Waals surface area contributed by atoms with Crippen LogP contribution in [0.5, 0.6) is 0 Å². The van der Waals surface area contributed by atoms with E-state index in [-0.39, 0.29) is 18.4 Å². The summed E-state index contributed by atoms with van der Waals surface area (Å²) in [6.07, 6.45) is 1.73. The van der Waals surface area contributed by atoms with Crippen LogP contribution in [0.25, 0.3) is 22.6 Å². The molecule has 0 fully saturated rings. The lowest BCUT2D eigenvalue weighted by Crippen LogP contribution is -2.28. The topological polar surface area (TPSA) is 55.1 Å². The molecule has 0 radical (unpaired) electrons. The fourth-order valence-electron chi connectivity index (χ4n) is 3.24. The Morgan fingerprint density at radius 1 is 0.862 bits per heavy atom. The van der Waals surface area contributed by atoms with Gasteiger partial charge in [-0.2, -0.15) is 0 Å². The highest BCUT2D eigenvalue weighted by Crippen LogP contribution is 2.22. The molecule has 4 heteroatoms. The Bertz CT molecular complexity index is 1070. The van der Waals surface area contributed by atoms with Gasteiger partial charge in [0.05, 0.1) is 18.2 Å². The van der Waals surface area contributed by atoms with E-state index < -0.39 is 0 Å². The van der Waals surface area contributed by atoms with Crippen LogP contribution >= 0.6 is 0 Å². The highest BCUT2D eigenvalue weighted by molar-refractivity contribution is 5.78. The first-order valence-corrected chi connectivity index (χ1v) is 9.63. The van der Waals surface area contributed by atoms with Gasteiger partial charge < -0.3 is 9.73 Å². The Morgan fingerprint density at radius 3 is 2.10 bits per heavy atom. The second kappa shape index (κ2) is 8.57. The molecular formula is C25H22N2O2. The van der Waals surface area contributed by atoms with Gasteiger partial charge in [-0.3, -0.25) is 4.79 Å². The Balaban J connectivity index is 1.37. The molecular weight excluding hydrogens is 360 g/mol. The van der Waals surface area contributed by atoms with Gasteiger partial charge in [-0.15, -0.1) is 0 Å². The van der Waals surface area contributed by atoms with E-state index in [0.29, 0.717) is 11.6 Å². The molecule has 0 saturated carbocycles. The quantitative estimate of drug-likeness (QED) is 0.484. The maximum absolute atomic E-state index is 12.4. The highest BCUT2D eigenvalue weighted by Gasteiger charge is 2.13. The summed E-state index contributed by atoms with van der Waals surface area (Å²) in [6.45, 7) is 1.98. The molecule has 144 valence electrons. The number of benzene rings is 3. The lowest BCUT2D eigenvalue weighted by molar-refractivity contribution is -0.121. The van der Waals surface area contributed by atoms with Gasteiger partial charge in [0.15, 0.2) is 0 Å². The van der Waals surface area contributed by atoms with Crippen molar-refractivity contribution in [2.75, 3.05) is 0 Å². The third-order valence-electron chi connectivity index (χ3n) is 4.81. The molecule has 1 N–H and O–H groups in total. The number of aromatic nitrogens is 1. The van der Waals surface area contributed by atoms with Crippen molar-refractivity contribution in [1.82, 2.24) is 10.3 Å². The van der Waals surface area contributed by atoms with Crippen LogP contribution in [0.1, 0.15) is 24.2 Å². The number of amides is 1. The maximum Gasteiger partial charge on any atom is 0.226 e. The van der Waals surface area contributed by atoms with Gasteiger partial charge >= 0.3 is 0 Å². The maximum atomic E-state index is 12.4. The molecule has 0 bridgehead atoms. The lowest BCUT2D eigenvalue weighted by atomic mass is 10.0. The zero-order chi connectivity index (χ0) is 20.1. The number of nitrogens with one attached hydrogen (secondary N) is 1. The summed E-state index contributed by atoms with van der Waals surface area (Å²) >= 11 is 0. The second-order valence-electron chi connectivity index (χ2n) is 6.96. The van der Waals surface area contributed by atoms with Crippen molar-refractivity contribution in [3.05, 3.63) is 102 Å². The van der Waals surface area contributed by atoms with E-state index in [4.69, 9.17) is 4.42 Å². The first kappa shape index (κ1) is 18.7. The van der Waals surface area contributed by atoms with Crippen LogP contribution in [0.3, 0.4) is 0 Å². The Labute approximate surface area is 170 Å². The van der Waals surface area contributed by atoms with Gasteiger partial charge in [-0.25, -0.2) is 4.98 Å². The molecule has 0 saturated heterocycles. The average Bonchev–Trinajstić information content (AvgIpc) is 3.23. The molecule has 4 nitrogen and oxygen atoms in total. The zero-order valence-electron chi connectivity index (χ0n) is 16.2. The van der Waals surface area contributed by atoms with Crippen LogP contribution in [-0.2, 0) is 11.2 Å². The number of hydrogen-bond donors (Lipinski definition) is 1. The third kappa shape index (κ3) is 4.61. The molecule has 1 amide bonds. The van der Waals surface area contributed by atoms with E-state index in [0.717, 1.165) is 16.7 Å². The first-order valence-electron chi connectivity index (χ1n) is 9.63. The average molecular weight is 382 g/mol. The molecule has 4 aromatic rings. The van der Waals surface area contributed by atoms with Gasteiger partial charge in [-0.1, -0.05) is 72.8 Å². The van der Waals surface area contributed by atoms with Crippen molar-refractivity contribution < 1.29 is 9.21 Å². The van der Waals surface area contributed by atoms with Crippen molar-refractivity contribution in [3.63, 3.8) is 0 Å². The molecule has 3 aromatic carbocycles. The Hall–Kier alpha value is -3.66. The molecule has 1 aromatic heterocycles. The van der Waals surface area contributed by atoms with Gasteiger partial charge in [0.1, 0.15) is 6.26 Å². The fraction of sp³-hybridized carbons (Fsp3) is 0.120. The number of oxazole rings is 1. The van der Waals surface area contributed by atoms with Crippen LogP contribution in [0.15, 0.2) is 95.6 Å². The van der Waals surface area contributed by atoms with Gasteiger partial charge in [0, 0.05) is 5.56 Å². The van der Waals surface area contributed by atoms with E-state index in [9.17, 15) is 4.79 Å². The van der Waals surface area contributed by atoms with Gasteiger partial charge in [-0.05, 0) is 35.7 Å². The molecule has 0 spiro atoms. The monoisotopic (exact) mass is 382 g/mol. The third-order valence-corrected chi connectivity index (χ3v) is 4.81. The number of hydrogen-bond acceptors (Lipinski definition) is 3. The van der Waals surface area contributed by atoms with Crippen molar-refractivity contribution in [2.45, 2.75) is 19.4 Å². The zero-order valence-corrected chi connectivity index (χ0v) is 16.2. The molecule has 29 heavy (non-hydrogen) atoms. The SMILES string of the molecule is CC(NC(=O)Cc1coc(-c2ccccc2)n1)c1ccc(-c2ccccc2)cc1. The van der Waals surface area contributed by atoms with Crippen molar-refractivity contribution in [1.29, 1.82) is 0 Å². The number of nitrogens with zero attached hydrogens (tertiary/aromatic N) is 1. The summed E-state index contributed by atoms with van der Waals surface area (Å²) in [4.78, 5) is 16.9. The molecule has 1 heterocycles. The molecule has 0 aliphatic carbocycles. The van der Waals surface area contributed by atoms with Crippen LogP contribution < -0.4 is 5.32 Å². The highest BCUT2D eigenvalue weighted by atomic mass is 16.3. The minimum absolute atomic E-state index is 0.0856. The minimum atomic E-state index is -0.0900. The Kier molecular flexibility index (Phi) is 5.52. The lowest BCUT2D eigenvalue weighted by Gasteiger charge is -2.14. The summed E-state index contributed by atoms with van der Waals surface area (Å²) in [5, 5.41) is 3.03. The van der Waals surface area contributed by atoms with E-state index in [1.54, 1.807) is 6.26 Å². The minimum Gasteiger partial charge on any atom is -0.444 e. The predicted octanol–water partition coefficient (Wildman–Crippen LogP) is 5.43. The van der Waals surface area contributed by atoms with E-state index in [2.05, 4.69) is 46.7 Å². The summed E-state index contributed by atoms with van der Waals surface area (Å²) in [6, 6.07) is 28.1. The van der Waals surface area contributed by atoms with E-state index in [1.165, 1.54) is 5.56 Å². The van der Waals surface area contributed by atoms with Crippen molar-refractivity contribution in [3.8, 4) is 22.6 Å². The summed E-state index contributed by atoms with van der Waals surface area (Å²) in [5.41, 5.74) is 4.90. The van der Waals surface area contributed by atoms with Gasteiger partial charge in [0.25, 0.3) is 0 Å². The predicted molar refractivity (Wildman–Crippen MR) is 114 cm³/mol.